The number of hydrogen-bond donors (Lipinski definition) is 1. The standard InChI is InChI=1S/C17H19N5O2S/c1-11-8-12(2)22-16(19-11)20-21-17(22)25-10-15(23)18-9-13-4-6-14(24-3)7-5-13/h4-8H,9-10H2,1-3H3,(H,18,23). The lowest BCUT2D eigenvalue weighted by molar-refractivity contribution is -0.118. The van der Waals surface area contributed by atoms with E-state index < -0.39 is 0 Å². The van der Waals surface area contributed by atoms with Gasteiger partial charge in [-0.2, -0.15) is 0 Å². The van der Waals surface area contributed by atoms with Gasteiger partial charge in [-0.25, -0.2) is 4.98 Å². The molecule has 0 aliphatic rings. The Morgan fingerprint density at radius 3 is 2.72 bits per heavy atom. The summed E-state index contributed by atoms with van der Waals surface area (Å²) in [6, 6.07) is 9.56. The number of fused-ring (bicyclic) bond motifs is 1. The number of carbonyl (C=O) groups excluding carboxylic acids is 1. The van der Waals surface area contributed by atoms with E-state index in [0.717, 1.165) is 22.7 Å². The Morgan fingerprint density at radius 1 is 1.24 bits per heavy atom. The average molecular weight is 357 g/mol. The summed E-state index contributed by atoms with van der Waals surface area (Å²) >= 11 is 1.34. The molecule has 0 radical (unpaired) electrons. The second kappa shape index (κ2) is 7.52. The monoisotopic (exact) mass is 357 g/mol. The first-order chi connectivity index (χ1) is 12.1. The van der Waals surface area contributed by atoms with Crippen molar-refractivity contribution in [3.63, 3.8) is 0 Å². The number of methoxy groups -OCH3 is 1. The molecule has 3 rings (SSSR count). The average Bonchev–Trinajstić information content (AvgIpc) is 3.01. The highest BCUT2D eigenvalue weighted by molar-refractivity contribution is 7.99. The SMILES string of the molecule is COc1ccc(CNC(=O)CSc2nnc3nc(C)cc(C)n23)cc1. The lowest BCUT2D eigenvalue weighted by Gasteiger charge is -2.06. The van der Waals surface area contributed by atoms with E-state index in [1.807, 2.05) is 48.6 Å². The van der Waals surface area contributed by atoms with Crippen LogP contribution in [0, 0.1) is 13.8 Å². The molecule has 2 heterocycles. The molecule has 0 aliphatic heterocycles. The summed E-state index contributed by atoms with van der Waals surface area (Å²) in [5.74, 6) is 1.56. The van der Waals surface area contributed by atoms with Gasteiger partial charge in [-0.3, -0.25) is 9.20 Å². The molecule has 0 saturated heterocycles. The first kappa shape index (κ1) is 17.2. The molecule has 2 aromatic heterocycles. The predicted molar refractivity (Wildman–Crippen MR) is 95.8 cm³/mol. The van der Waals surface area contributed by atoms with E-state index in [4.69, 9.17) is 4.74 Å². The number of hydrogen-bond acceptors (Lipinski definition) is 6. The van der Waals surface area contributed by atoms with E-state index in [0.29, 0.717) is 17.5 Å². The van der Waals surface area contributed by atoms with Gasteiger partial charge in [0.15, 0.2) is 5.16 Å². The van der Waals surface area contributed by atoms with Crippen molar-refractivity contribution in [3.8, 4) is 5.75 Å². The highest BCUT2D eigenvalue weighted by Gasteiger charge is 2.12. The molecule has 0 atom stereocenters. The van der Waals surface area contributed by atoms with Crippen LogP contribution in [0.3, 0.4) is 0 Å². The van der Waals surface area contributed by atoms with Crippen LogP contribution >= 0.6 is 11.8 Å². The minimum atomic E-state index is -0.0599. The van der Waals surface area contributed by atoms with Gasteiger partial charge in [0, 0.05) is 17.9 Å². The lowest BCUT2D eigenvalue weighted by atomic mass is 10.2. The number of benzene rings is 1. The maximum Gasteiger partial charge on any atom is 0.256 e. The second-order valence-corrected chi connectivity index (χ2v) is 6.51. The fourth-order valence-electron chi connectivity index (χ4n) is 2.42. The number of thioether (sulfide) groups is 1. The van der Waals surface area contributed by atoms with E-state index in [2.05, 4.69) is 20.5 Å². The summed E-state index contributed by atoms with van der Waals surface area (Å²) in [5, 5.41) is 11.8. The Hall–Kier alpha value is -2.61. The van der Waals surface area contributed by atoms with E-state index in [1.54, 1.807) is 7.11 Å². The molecule has 8 heteroatoms. The first-order valence-corrected chi connectivity index (χ1v) is 8.77. The van der Waals surface area contributed by atoms with Crippen LogP contribution in [0.25, 0.3) is 5.78 Å². The molecule has 7 nitrogen and oxygen atoms in total. The molecule has 25 heavy (non-hydrogen) atoms. The van der Waals surface area contributed by atoms with Crippen LogP contribution in [0.1, 0.15) is 17.0 Å². The van der Waals surface area contributed by atoms with Crippen LogP contribution in [0.15, 0.2) is 35.5 Å². The van der Waals surface area contributed by atoms with Gasteiger partial charge >= 0.3 is 0 Å². The third-order valence-corrected chi connectivity index (χ3v) is 4.57. The second-order valence-electron chi connectivity index (χ2n) is 5.57. The van der Waals surface area contributed by atoms with Crippen molar-refractivity contribution in [2.45, 2.75) is 25.5 Å². The summed E-state index contributed by atoms with van der Waals surface area (Å²) in [5.41, 5.74) is 2.91. The third-order valence-electron chi connectivity index (χ3n) is 3.64. The number of ether oxygens (including phenoxy) is 1. The minimum absolute atomic E-state index is 0.0599. The number of amides is 1. The predicted octanol–water partition coefficient (Wildman–Crippen LogP) is 2.16. The number of carbonyl (C=O) groups is 1. The summed E-state index contributed by atoms with van der Waals surface area (Å²) < 4.78 is 6.97. The van der Waals surface area contributed by atoms with Crippen LogP contribution in [0.5, 0.6) is 5.75 Å². The highest BCUT2D eigenvalue weighted by Crippen LogP contribution is 2.18. The van der Waals surface area contributed by atoms with Gasteiger partial charge in [0.2, 0.25) is 5.91 Å². The topological polar surface area (TPSA) is 81.4 Å². The number of nitrogens with zero attached hydrogens (tertiary/aromatic N) is 4. The van der Waals surface area contributed by atoms with Crippen LogP contribution in [0.2, 0.25) is 0 Å². The van der Waals surface area contributed by atoms with Gasteiger partial charge in [-0.05, 0) is 37.6 Å². The Morgan fingerprint density at radius 2 is 2.00 bits per heavy atom. The number of rotatable bonds is 6. The van der Waals surface area contributed by atoms with E-state index >= 15 is 0 Å². The number of nitrogens with one attached hydrogen (secondary N) is 1. The molecule has 0 bridgehead atoms. The van der Waals surface area contributed by atoms with Crippen molar-refractivity contribution < 1.29 is 9.53 Å². The molecular weight excluding hydrogens is 338 g/mol. The van der Waals surface area contributed by atoms with E-state index in [1.165, 1.54) is 11.8 Å². The molecule has 1 amide bonds. The fourth-order valence-corrected chi connectivity index (χ4v) is 3.23. The number of aromatic nitrogens is 4. The highest BCUT2D eigenvalue weighted by atomic mass is 32.2. The summed E-state index contributed by atoms with van der Waals surface area (Å²) in [4.78, 5) is 16.4. The molecule has 0 spiro atoms. The van der Waals surface area contributed by atoms with Crippen LogP contribution in [-0.2, 0) is 11.3 Å². The molecule has 0 aliphatic carbocycles. The van der Waals surface area contributed by atoms with Gasteiger partial charge < -0.3 is 10.1 Å². The maximum atomic E-state index is 12.1. The van der Waals surface area contributed by atoms with E-state index in [9.17, 15) is 4.79 Å². The fraction of sp³-hybridized carbons (Fsp3) is 0.294. The van der Waals surface area contributed by atoms with Crippen molar-refractivity contribution in [2.75, 3.05) is 12.9 Å². The zero-order valence-corrected chi connectivity index (χ0v) is 15.1. The summed E-state index contributed by atoms with van der Waals surface area (Å²) in [6.07, 6.45) is 0. The lowest BCUT2D eigenvalue weighted by Crippen LogP contribution is -2.24. The summed E-state index contributed by atoms with van der Waals surface area (Å²) in [6.45, 7) is 4.36. The molecule has 1 N–H and O–H groups in total. The maximum absolute atomic E-state index is 12.1. The smallest absolute Gasteiger partial charge is 0.256 e. The van der Waals surface area contributed by atoms with Crippen molar-refractivity contribution in [2.24, 2.45) is 0 Å². The van der Waals surface area contributed by atoms with Crippen molar-refractivity contribution in [1.82, 2.24) is 24.9 Å². The van der Waals surface area contributed by atoms with Gasteiger partial charge in [-0.1, -0.05) is 23.9 Å². The quantitative estimate of drug-likeness (QED) is 0.681. The minimum Gasteiger partial charge on any atom is -0.497 e. The Kier molecular flexibility index (Phi) is 5.18. The van der Waals surface area contributed by atoms with Crippen molar-refractivity contribution >= 4 is 23.4 Å². The number of aryl methyl sites for hydroxylation is 2. The molecule has 130 valence electrons. The van der Waals surface area contributed by atoms with Crippen molar-refractivity contribution in [3.05, 3.63) is 47.3 Å². The normalized spacial score (nSPS) is 10.8. The molecule has 1 aromatic carbocycles. The van der Waals surface area contributed by atoms with Gasteiger partial charge in [0.1, 0.15) is 5.75 Å². The zero-order valence-electron chi connectivity index (χ0n) is 14.3. The first-order valence-electron chi connectivity index (χ1n) is 7.78. The Labute approximate surface area is 149 Å². The molecule has 0 unspecified atom stereocenters. The molecule has 0 saturated carbocycles. The Bertz CT molecular complexity index is 892. The molecule has 0 fully saturated rings. The van der Waals surface area contributed by atoms with Gasteiger partial charge in [-0.15, -0.1) is 10.2 Å². The van der Waals surface area contributed by atoms with E-state index in [-0.39, 0.29) is 11.7 Å². The zero-order chi connectivity index (χ0) is 17.8. The van der Waals surface area contributed by atoms with Crippen LogP contribution in [0.4, 0.5) is 0 Å². The third kappa shape index (κ3) is 4.08. The molecule has 3 aromatic rings. The summed E-state index contributed by atoms with van der Waals surface area (Å²) in [7, 11) is 1.63. The largest absolute Gasteiger partial charge is 0.497 e. The van der Waals surface area contributed by atoms with Gasteiger partial charge in [0.25, 0.3) is 5.78 Å². The van der Waals surface area contributed by atoms with Gasteiger partial charge in [0.05, 0.1) is 12.9 Å². The van der Waals surface area contributed by atoms with Crippen LogP contribution in [-0.4, -0.2) is 38.4 Å². The van der Waals surface area contributed by atoms with Crippen LogP contribution < -0.4 is 10.1 Å². The Balaban J connectivity index is 1.57. The molecular formula is C17H19N5O2S. The van der Waals surface area contributed by atoms with Crippen molar-refractivity contribution in [1.29, 1.82) is 0 Å².